The van der Waals surface area contributed by atoms with Crippen LogP contribution in [0.4, 0.5) is 5.82 Å². The Morgan fingerprint density at radius 2 is 1.82 bits per heavy atom. The summed E-state index contributed by atoms with van der Waals surface area (Å²) in [6, 6.07) is 6.72. The lowest BCUT2D eigenvalue weighted by Crippen LogP contribution is -2.35. The molecule has 1 unspecified atom stereocenters. The summed E-state index contributed by atoms with van der Waals surface area (Å²) in [7, 11) is 0. The van der Waals surface area contributed by atoms with Gasteiger partial charge in [0.15, 0.2) is 5.65 Å². The molecule has 1 aliphatic rings. The Balaban J connectivity index is 1.94. The normalized spacial score (nSPS) is 17.1. The average molecular weight is 438 g/mol. The molecule has 0 radical (unpaired) electrons. The van der Waals surface area contributed by atoms with Crippen molar-refractivity contribution in [1.29, 1.82) is 5.26 Å². The summed E-state index contributed by atoms with van der Waals surface area (Å²) < 4.78 is 3.29. The van der Waals surface area contributed by atoms with Gasteiger partial charge in [0.2, 0.25) is 0 Å². The number of halogens is 1. The molecule has 0 amide bonds. The molecule has 0 saturated carbocycles. The minimum absolute atomic E-state index is 0.0671. The maximum absolute atomic E-state index is 9.40. The van der Waals surface area contributed by atoms with Gasteiger partial charge in [-0.25, -0.2) is 9.97 Å². The number of aryl methyl sites for hydroxylation is 4. The van der Waals surface area contributed by atoms with E-state index in [0.717, 1.165) is 58.6 Å². The Bertz CT molecular complexity index is 1090. The van der Waals surface area contributed by atoms with Crippen molar-refractivity contribution in [2.45, 2.75) is 40.5 Å². The maximum Gasteiger partial charge on any atom is 0.150 e. The van der Waals surface area contributed by atoms with Crippen molar-refractivity contribution in [2.75, 3.05) is 18.0 Å². The monoisotopic (exact) mass is 437 g/mol. The Labute approximate surface area is 174 Å². The molecule has 1 fully saturated rings. The second-order valence-electron chi connectivity index (χ2n) is 7.78. The smallest absolute Gasteiger partial charge is 0.150 e. The number of nitriles is 1. The van der Waals surface area contributed by atoms with Crippen molar-refractivity contribution < 1.29 is 0 Å². The van der Waals surface area contributed by atoms with Crippen molar-refractivity contribution in [3.05, 3.63) is 45.3 Å². The van der Waals surface area contributed by atoms with Gasteiger partial charge in [-0.15, -0.1) is 0 Å². The van der Waals surface area contributed by atoms with Gasteiger partial charge < -0.3 is 9.47 Å². The van der Waals surface area contributed by atoms with Crippen molar-refractivity contribution in [1.82, 2.24) is 14.5 Å². The molecule has 0 aliphatic carbocycles. The van der Waals surface area contributed by atoms with Gasteiger partial charge in [-0.3, -0.25) is 0 Å². The van der Waals surface area contributed by atoms with E-state index in [1.165, 1.54) is 16.8 Å². The van der Waals surface area contributed by atoms with E-state index >= 15 is 0 Å². The lowest BCUT2D eigenvalue weighted by Gasteiger charge is -2.31. The zero-order valence-electron chi connectivity index (χ0n) is 16.8. The molecule has 1 atom stereocenters. The van der Waals surface area contributed by atoms with Crippen molar-refractivity contribution in [3.8, 4) is 11.8 Å². The number of hydrogen-bond acceptors (Lipinski definition) is 4. The standard InChI is InChI=1S/C22H24BrN5/c1-13-8-18(23)9-14(2)20(13)28-11-15(3)19-21(25-16(4)26-22(19)28)27-7-5-6-17(10-24)12-27/h8-9,11,17H,5-7,12H2,1-4H3. The zero-order chi connectivity index (χ0) is 20.0. The van der Waals surface area contributed by atoms with Crippen LogP contribution in [0, 0.1) is 44.9 Å². The Morgan fingerprint density at radius 1 is 1.11 bits per heavy atom. The average Bonchev–Trinajstić information content (AvgIpc) is 2.96. The minimum atomic E-state index is 0.0671. The largest absolute Gasteiger partial charge is 0.355 e. The molecule has 28 heavy (non-hydrogen) atoms. The lowest BCUT2D eigenvalue weighted by molar-refractivity contribution is 0.491. The number of anilines is 1. The quantitative estimate of drug-likeness (QED) is 0.555. The van der Waals surface area contributed by atoms with Crippen LogP contribution in [0.3, 0.4) is 0 Å². The van der Waals surface area contributed by atoms with Crippen LogP contribution in [0.2, 0.25) is 0 Å². The highest BCUT2D eigenvalue weighted by atomic mass is 79.9. The first kappa shape index (κ1) is 18.9. The lowest BCUT2D eigenvalue weighted by atomic mass is 9.99. The number of fused-ring (bicyclic) bond motifs is 1. The summed E-state index contributed by atoms with van der Waals surface area (Å²) in [5, 5.41) is 10.5. The fraction of sp³-hybridized carbons (Fsp3) is 0.409. The summed E-state index contributed by atoms with van der Waals surface area (Å²) in [5.41, 5.74) is 5.66. The molecule has 0 bridgehead atoms. The summed E-state index contributed by atoms with van der Waals surface area (Å²) >= 11 is 3.59. The molecule has 1 aliphatic heterocycles. The van der Waals surface area contributed by atoms with Crippen LogP contribution in [-0.2, 0) is 0 Å². The van der Waals surface area contributed by atoms with E-state index in [9.17, 15) is 5.26 Å². The number of piperidine rings is 1. The molecule has 1 saturated heterocycles. The molecule has 2 aromatic heterocycles. The molecule has 6 heteroatoms. The Morgan fingerprint density at radius 3 is 2.50 bits per heavy atom. The van der Waals surface area contributed by atoms with Gasteiger partial charge in [-0.2, -0.15) is 5.26 Å². The predicted molar refractivity (Wildman–Crippen MR) is 116 cm³/mol. The van der Waals surface area contributed by atoms with Gasteiger partial charge in [0.05, 0.1) is 23.1 Å². The van der Waals surface area contributed by atoms with Crippen LogP contribution >= 0.6 is 15.9 Å². The van der Waals surface area contributed by atoms with E-state index < -0.39 is 0 Å². The summed E-state index contributed by atoms with van der Waals surface area (Å²) in [6.45, 7) is 10.0. The molecule has 144 valence electrons. The third-order valence-electron chi connectivity index (χ3n) is 5.53. The number of hydrogen-bond donors (Lipinski definition) is 0. The Kier molecular flexibility index (Phi) is 4.88. The highest BCUT2D eigenvalue weighted by Crippen LogP contribution is 2.34. The van der Waals surface area contributed by atoms with Crippen molar-refractivity contribution >= 4 is 32.8 Å². The first-order valence-corrected chi connectivity index (χ1v) is 10.5. The van der Waals surface area contributed by atoms with Gasteiger partial charge in [-0.05, 0) is 69.4 Å². The molecule has 3 aromatic rings. The van der Waals surface area contributed by atoms with Crippen LogP contribution in [0.5, 0.6) is 0 Å². The topological polar surface area (TPSA) is 57.7 Å². The number of benzene rings is 1. The SMILES string of the molecule is Cc1nc(N2CCCC(C#N)C2)c2c(C)cn(-c3c(C)cc(Br)cc3C)c2n1. The van der Waals surface area contributed by atoms with Gasteiger partial charge >= 0.3 is 0 Å². The van der Waals surface area contributed by atoms with E-state index in [1.807, 2.05) is 6.92 Å². The molecule has 3 heterocycles. The second kappa shape index (κ2) is 7.21. The van der Waals surface area contributed by atoms with Gasteiger partial charge in [-0.1, -0.05) is 15.9 Å². The molecule has 0 spiro atoms. The number of aromatic nitrogens is 3. The molecular formula is C22H24BrN5. The van der Waals surface area contributed by atoms with E-state index in [-0.39, 0.29) is 5.92 Å². The highest BCUT2D eigenvalue weighted by molar-refractivity contribution is 9.10. The van der Waals surface area contributed by atoms with E-state index in [4.69, 9.17) is 9.97 Å². The van der Waals surface area contributed by atoms with E-state index in [1.54, 1.807) is 0 Å². The zero-order valence-corrected chi connectivity index (χ0v) is 18.3. The van der Waals surface area contributed by atoms with Crippen LogP contribution in [0.15, 0.2) is 22.8 Å². The van der Waals surface area contributed by atoms with Crippen LogP contribution in [0.1, 0.15) is 35.4 Å². The maximum atomic E-state index is 9.40. The number of nitrogens with zero attached hydrogens (tertiary/aromatic N) is 5. The molecule has 5 nitrogen and oxygen atoms in total. The fourth-order valence-corrected chi connectivity index (χ4v) is 5.03. The fourth-order valence-electron chi connectivity index (χ4n) is 4.35. The third-order valence-corrected chi connectivity index (χ3v) is 5.99. The van der Waals surface area contributed by atoms with Gasteiger partial charge in [0.25, 0.3) is 0 Å². The number of rotatable bonds is 2. The van der Waals surface area contributed by atoms with Crippen molar-refractivity contribution in [2.24, 2.45) is 5.92 Å². The van der Waals surface area contributed by atoms with Crippen LogP contribution < -0.4 is 4.90 Å². The van der Waals surface area contributed by atoms with E-state index in [2.05, 4.69) is 70.6 Å². The summed E-state index contributed by atoms with van der Waals surface area (Å²) in [5.74, 6) is 1.79. The molecule has 1 aromatic carbocycles. The third kappa shape index (κ3) is 3.18. The molecular weight excluding hydrogens is 414 g/mol. The van der Waals surface area contributed by atoms with Crippen molar-refractivity contribution in [3.63, 3.8) is 0 Å². The van der Waals surface area contributed by atoms with Gasteiger partial charge in [0.1, 0.15) is 11.6 Å². The predicted octanol–water partition coefficient (Wildman–Crippen LogP) is 5.16. The summed E-state index contributed by atoms with van der Waals surface area (Å²) in [4.78, 5) is 11.9. The van der Waals surface area contributed by atoms with Gasteiger partial charge in [0, 0.05) is 23.8 Å². The second-order valence-corrected chi connectivity index (χ2v) is 8.69. The van der Waals surface area contributed by atoms with E-state index in [0.29, 0.717) is 0 Å². The first-order valence-electron chi connectivity index (χ1n) is 9.67. The van der Waals surface area contributed by atoms with Crippen LogP contribution in [0.25, 0.3) is 16.7 Å². The molecule has 0 N–H and O–H groups in total. The Hall–Kier alpha value is -2.39. The minimum Gasteiger partial charge on any atom is -0.355 e. The first-order chi connectivity index (χ1) is 13.4. The highest BCUT2D eigenvalue weighted by Gasteiger charge is 2.25. The summed E-state index contributed by atoms with van der Waals surface area (Å²) in [6.07, 6.45) is 4.15. The molecule has 4 rings (SSSR count). The van der Waals surface area contributed by atoms with Crippen LogP contribution in [-0.4, -0.2) is 27.6 Å².